The molecule has 1 amide bonds. The van der Waals surface area contributed by atoms with Gasteiger partial charge < -0.3 is 14.7 Å². The second kappa shape index (κ2) is 6.62. The van der Waals surface area contributed by atoms with Crippen LogP contribution in [0.4, 0.5) is 13.2 Å². The summed E-state index contributed by atoms with van der Waals surface area (Å²) in [5.74, 6) is 0.944. The molecule has 0 radical (unpaired) electrons. The summed E-state index contributed by atoms with van der Waals surface area (Å²) >= 11 is 0. The van der Waals surface area contributed by atoms with Crippen LogP contribution in [0.25, 0.3) is 22.0 Å². The summed E-state index contributed by atoms with van der Waals surface area (Å²) < 4.78 is 44.2. The minimum Gasteiger partial charge on any atom is -0.459 e. The van der Waals surface area contributed by atoms with Crippen molar-refractivity contribution in [1.82, 2.24) is 15.3 Å². The standard InChI is InChI=1S/C22H18F3N3O2/c1-11(18-8-12-6-7-13(22(23,24)25)9-19(12)30-18)26-21(29)15-10-14(15)20-27-16-4-2-3-5-17(16)28-20/h2-9,11,14-15H,10H2,1H3,(H,26,29)(H,27,28)/t11?,14-,15-/m0/s1. The second-order valence-electron chi connectivity index (χ2n) is 7.72. The molecule has 5 rings (SSSR count). The summed E-state index contributed by atoms with van der Waals surface area (Å²) in [6.45, 7) is 1.75. The lowest BCUT2D eigenvalue weighted by Crippen LogP contribution is -2.28. The minimum absolute atomic E-state index is 0.0367. The Morgan fingerprint density at radius 2 is 2.03 bits per heavy atom. The Morgan fingerprint density at radius 3 is 2.80 bits per heavy atom. The fourth-order valence-electron chi connectivity index (χ4n) is 3.77. The summed E-state index contributed by atoms with van der Waals surface area (Å²) in [7, 11) is 0. The van der Waals surface area contributed by atoms with Crippen molar-refractivity contribution in [3.63, 3.8) is 0 Å². The van der Waals surface area contributed by atoms with Crippen LogP contribution in [0.2, 0.25) is 0 Å². The molecule has 4 aromatic rings. The Labute approximate surface area is 169 Å². The number of halogens is 3. The van der Waals surface area contributed by atoms with Crippen LogP contribution in [0.3, 0.4) is 0 Å². The summed E-state index contributed by atoms with van der Waals surface area (Å²) in [5.41, 5.74) is 1.19. The molecule has 2 aromatic heterocycles. The zero-order valence-corrected chi connectivity index (χ0v) is 16.0. The largest absolute Gasteiger partial charge is 0.459 e. The predicted molar refractivity (Wildman–Crippen MR) is 105 cm³/mol. The molecule has 8 heteroatoms. The Balaban J connectivity index is 1.28. The molecule has 2 aromatic carbocycles. The molecule has 30 heavy (non-hydrogen) atoms. The van der Waals surface area contributed by atoms with E-state index >= 15 is 0 Å². The molecule has 1 aliphatic carbocycles. The summed E-state index contributed by atoms with van der Waals surface area (Å²) in [4.78, 5) is 20.5. The van der Waals surface area contributed by atoms with E-state index in [4.69, 9.17) is 4.42 Å². The first-order valence-electron chi connectivity index (χ1n) is 9.65. The van der Waals surface area contributed by atoms with E-state index in [1.54, 1.807) is 13.0 Å². The SMILES string of the molecule is CC(NC(=O)[C@H]1C[C@@H]1c1nc2ccccc2[nH]1)c1cc2ccc(C(F)(F)F)cc2o1. The highest BCUT2D eigenvalue weighted by Gasteiger charge is 2.46. The number of carbonyl (C=O) groups is 1. The first-order chi connectivity index (χ1) is 14.3. The van der Waals surface area contributed by atoms with E-state index in [1.807, 2.05) is 24.3 Å². The second-order valence-corrected chi connectivity index (χ2v) is 7.72. The lowest BCUT2D eigenvalue weighted by atomic mass is 10.1. The van der Waals surface area contributed by atoms with Gasteiger partial charge in [-0.3, -0.25) is 4.79 Å². The third kappa shape index (κ3) is 3.32. The van der Waals surface area contributed by atoms with E-state index in [2.05, 4.69) is 15.3 Å². The van der Waals surface area contributed by atoms with Crippen molar-refractivity contribution >= 4 is 27.9 Å². The number of amides is 1. The lowest BCUT2D eigenvalue weighted by Gasteiger charge is -2.11. The summed E-state index contributed by atoms with van der Waals surface area (Å²) in [6, 6.07) is 12.3. The fraction of sp³-hybridized carbons (Fsp3) is 0.273. The number of aromatic amines is 1. The van der Waals surface area contributed by atoms with Crippen molar-refractivity contribution in [1.29, 1.82) is 0 Å². The number of alkyl halides is 3. The molecule has 0 aliphatic heterocycles. The Morgan fingerprint density at radius 1 is 1.23 bits per heavy atom. The number of benzene rings is 2. The Bertz CT molecular complexity index is 1220. The predicted octanol–water partition coefficient (Wildman–Crippen LogP) is 5.31. The average Bonchev–Trinajstić information content (AvgIpc) is 3.20. The van der Waals surface area contributed by atoms with Crippen LogP contribution < -0.4 is 5.32 Å². The number of hydrogen-bond acceptors (Lipinski definition) is 3. The number of imidazole rings is 1. The number of para-hydroxylation sites is 2. The van der Waals surface area contributed by atoms with Crippen molar-refractivity contribution in [2.45, 2.75) is 31.5 Å². The van der Waals surface area contributed by atoms with Gasteiger partial charge in [0, 0.05) is 17.2 Å². The van der Waals surface area contributed by atoms with E-state index < -0.39 is 17.8 Å². The van der Waals surface area contributed by atoms with Gasteiger partial charge in [0.15, 0.2) is 0 Å². The van der Waals surface area contributed by atoms with Crippen LogP contribution in [-0.4, -0.2) is 15.9 Å². The van der Waals surface area contributed by atoms with Crippen LogP contribution in [0.1, 0.15) is 42.5 Å². The molecule has 1 fully saturated rings. The highest BCUT2D eigenvalue weighted by atomic mass is 19.4. The number of furan rings is 1. The molecule has 3 atom stereocenters. The van der Waals surface area contributed by atoms with Gasteiger partial charge in [-0.1, -0.05) is 18.2 Å². The first kappa shape index (κ1) is 18.7. The van der Waals surface area contributed by atoms with Crippen molar-refractivity contribution in [2.75, 3.05) is 0 Å². The number of nitrogens with one attached hydrogen (secondary N) is 2. The Kier molecular flexibility index (Phi) is 4.13. The zero-order valence-electron chi connectivity index (χ0n) is 16.0. The van der Waals surface area contributed by atoms with Gasteiger partial charge in [-0.05, 0) is 43.7 Å². The van der Waals surface area contributed by atoms with Gasteiger partial charge in [0.1, 0.15) is 17.2 Å². The van der Waals surface area contributed by atoms with E-state index in [0.29, 0.717) is 17.6 Å². The molecular formula is C22H18F3N3O2. The van der Waals surface area contributed by atoms with Crippen LogP contribution >= 0.6 is 0 Å². The monoisotopic (exact) mass is 413 g/mol. The van der Waals surface area contributed by atoms with Crippen LogP contribution in [0.5, 0.6) is 0 Å². The van der Waals surface area contributed by atoms with Crippen molar-refractivity contribution < 1.29 is 22.4 Å². The van der Waals surface area contributed by atoms with Gasteiger partial charge in [-0.25, -0.2) is 4.98 Å². The molecule has 0 bridgehead atoms. The first-order valence-corrected chi connectivity index (χ1v) is 9.65. The summed E-state index contributed by atoms with van der Waals surface area (Å²) in [6.07, 6.45) is -3.73. The smallest absolute Gasteiger partial charge is 0.416 e. The topological polar surface area (TPSA) is 70.9 Å². The average molecular weight is 413 g/mol. The van der Waals surface area contributed by atoms with Gasteiger partial charge >= 0.3 is 6.18 Å². The maximum atomic E-state index is 12.9. The van der Waals surface area contributed by atoms with Gasteiger partial charge in [0.05, 0.1) is 22.6 Å². The lowest BCUT2D eigenvalue weighted by molar-refractivity contribution is -0.137. The van der Waals surface area contributed by atoms with E-state index in [9.17, 15) is 18.0 Å². The molecular weight excluding hydrogens is 395 g/mol. The molecule has 1 aliphatic rings. The van der Waals surface area contributed by atoms with Gasteiger partial charge in [0.25, 0.3) is 0 Å². The van der Waals surface area contributed by atoms with E-state index in [-0.39, 0.29) is 23.3 Å². The molecule has 0 saturated heterocycles. The molecule has 0 spiro atoms. The van der Waals surface area contributed by atoms with Crippen LogP contribution in [0.15, 0.2) is 52.9 Å². The molecule has 2 N–H and O–H groups in total. The van der Waals surface area contributed by atoms with E-state index in [1.165, 1.54) is 6.07 Å². The zero-order chi connectivity index (χ0) is 21.0. The highest BCUT2D eigenvalue weighted by Crippen LogP contribution is 2.47. The van der Waals surface area contributed by atoms with Crippen molar-refractivity contribution in [3.05, 3.63) is 65.7 Å². The maximum Gasteiger partial charge on any atom is 0.416 e. The molecule has 5 nitrogen and oxygen atoms in total. The van der Waals surface area contributed by atoms with Crippen LogP contribution in [0, 0.1) is 5.92 Å². The van der Waals surface area contributed by atoms with E-state index in [0.717, 1.165) is 29.0 Å². The van der Waals surface area contributed by atoms with Crippen LogP contribution in [-0.2, 0) is 11.0 Å². The summed E-state index contributed by atoms with van der Waals surface area (Å²) in [5, 5.41) is 3.46. The number of H-pyrrole nitrogens is 1. The molecule has 1 unspecified atom stereocenters. The maximum absolute atomic E-state index is 12.9. The highest BCUT2D eigenvalue weighted by molar-refractivity contribution is 5.84. The van der Waals surface area contributed by atoms with Gasteiger partial charge in [0.2, 0.25) is 5.91 Å². The fourth-order valence-corrected chi connectivity index (χ4v) is 3.77. The number of hydrogen-bond donors (Lipinski definition) is 2. The number of aromatic nitrogens is 2. The minimum atomic E-state index is -4.43. The number of nitrogens with zero attached hydrogens (tertiary/aromatic N) is 1. The molecule has 154 valence electrons. The molecule has 2 heterocycles. The molecule has 1 saturated carbocycles. The van der Waals surface area contributed by atoms with Crippen molar-refractivity contribution in [2.24, 2.45) is 5.92 Å². The third-order valence-electron chi connectivity index (χ3n) is 5.54. The number of rotatable bonds is 4. The normalized spacial score (nSPS) is 19.9. The van der Waals surface area contributed by atoms with Gasteiger partial charge in [-0.15, -0.1) is 0 Å². The Hall–Kier alpha value is -3.29. The van der Waals surface area contributed by atoms with Crippen molar-refractivity contribution in [3.8, 4) is 0 Å². The third-order valence-corrected chi connectivity index (χ3v) is 5.54. The quantitative estimate of drug-likeness (QED) is 0.476. The number of carbonyl (C=O) groups excluding carboxylic acids is 1. The van der Waals surface area contributed by atoms with Gasteiger partial charge in [-0.2, -0.15) is 13.2 Å². The number of fused-ring (bicyclic) bond motifs is 2.